The predicted molar refractivity (Wildman–Crippen MR) is 96.5 cm³/mol. The van der Waals surface area contributed by atoms with Crippen LogP contribution in [0.4, 0.5) is 13.6 Å². The fraction of sp³-hybridized carbons (Fsp3) is 0.600. The van der Waals surface area contributed by atoms with Crippen molar-refractivity contribution in [3.8, 4) is 0 Å². The van der Waals surface area contributed by atoms with E-state index in [0.29, 0.717) is 19.3 Å². The lowest BCUT2D eigenvalue weighted by atomic mass is 9.58. The topological polar surface area (TPSA) is 67.4 Å². The number of nitrogens with one attached hydrogen (secondary N) is 2. The highest BCUT2D eigenvalue weighted by Crippen LogP contribution is 2.54. The van der Waals surface area contributed by atoms with Crippen LogP contribution >= 0.6 is 0 Å². The van der Waals surface area contributed by atoms with Crippen molar-refractivity contribution < 1.29 is 23.1 Å². The monoisotopic (exact) mass is 380 g/mol. The van der Waals surface area contributed by atoms with E-state index in [4.69, 9.17) is 0 Å². The second-order valence-electron chi connectivity index (χ2n) is 7.85. The number of alkyl carbamates (subject to hydrolysis) is 1. The number of alkyl halides is 2. The first-order valence-electron chi connectivity index (χ1n) is 9.37. The largest absolute Gasteiger partial charge is 0.453 e. The van der Waals surface area contributed by atoms with Crippen molar-refractivity contribution in [1.82, 2.24) is 10.6 Å². The summed E-state index contributed by atoms with van der Waals surface area (Å²) in [6.07, 6.45) is 2.05. The third-order valence-corrected chi connectivity index (χ3v) is 5.82. The van der Waals surface area contributed by atoms with Crippen LogP contribution in [0.15, 0.2) is 30.3 Å². The Hall–Kier alpha value is -2.18. The molecule has 27 heavy (non-hydrogen) atoms. The van der Waals surface area contributed by atoms with E-state index < -0.39 is 18.1 Å². The van der Waals surface area contributed by atoms with Gasteiger partial charge in [-0.3, -0.25) is 4.79 Å². The Balaban J connectivity index is 1.54. The molecule has 2 N–H and O–H groups in total. The zero-order valence-corrected chi connectivity index (χ0v) is 15.5. The molecule has 1 unspecified atom stereocenters. The number of hydrogen-bond donors (Lipinski definition) is 2. The highest BCUT2D eigenvalue weighted by atomic mass is 19.3. The van der Waals surface area contributed by atoms with Crippen LogP contribution in [0.5, 0.6) is 0 Å². The van der Waals surface area contributed by atoms with Crippen LogP contribution in [0.2, 0.25) is 0 Å². The lowest BCUT2D eigenvalue weighted by Gasteiger charge is -2.51. The van der Waals surface area contributed by atoms with Crippen LogP contribution in [0.3, 0.4) is 0 Å². The molecule has 1 atom stereocenters. The van der Waals surface area contributed by atoms with Gasteiger partial charge in [0, 0.05) is 25.3 Å². The molecule has 1 spiro atoms. The molecular weight excluding hydrogens is 354 g/mol. The van der Waals surface area contributed by atoms with Gasteiger partial charge in [-0.25, -0.2) is 13.6 Å². The van der Waals surface area contributed by atoms with Crippen molar-refractivity contribution in [1.29, 1.82) is 0 Å². The Kier molecular flexibility index (Phi) is 5.67. The molecule has 2 amide bonds. The Morgan fingerprint density at radius 3 is 2.37 bits per heavy atom. The van der Waals surface area contributed by atoms with E-state index in [0.717, 1.165) is 18.4 Å². The summed E-state index contributed by atoms with van der Waals surface area (Å²) in [7, 11) is 1.25. The van der Waals surface area contributed by atoms with Gasteiger partial charge in [-0.1, -0.05) is 30.3 Å². The molecule has 0 bridgehead atoms. The molecule has 2 saturated carbocycles. The van der Waals surface area contributed by atoms with Crippen LogP contribution in [0, 0.1) is 5.41 Å². The molecule has 1 aromatic carbocycles. The molecule has 0 radical (unpaired) electrons. The minimum Gasteiger partial charge on any atom is -0.453 e. The maximum absolute atomic E-state index is 13.4. The van der Waals surface area contributed by atoms with Gasteiger partial charge in [-0.2, -0.15) is 0 Å². The SMILES string of the molecule is COC(=O)NC(Cc1ccccc1)C(=O)NC1CC2(CCC(F)(F)CC2)C1. The van der Waals surface area contributed by atoms with Crippen molar-refractivity contribution in [2.75, 3.05) is 7.11 Å². The van der Waals surface area contributed by atoms with Gasteiger partial charge in [0.1, 0.15) is 6.04 Å². The quantitative estimate of drug-likeness (QED) is 0.822. The minimum absolute atomic E-state index is 0.0260. The average Bonchev–Trinajstić information content (AvgIpc) is 2.62. The molecule has 2 aliphatic carbocycles. The smallest absolute Gasteiger partial charge is 0.407 e. The number of carbonyl (C=O) groups excluding carboxylic acids is 2. The van der Waals surface area contributed by atoms with E-state index >= 15 is 0 Å². The Morgan fingerprint density at radius 1 is 1.15 bits per heavy atom. The molecule has 2 fully saturated rings. The van der Waals surface area contributed by atoms with Crippen LogP contribution < -0.4 is 10.6 Å². The molecule has 5 nitrogen and oxygen atoms in total. The van der Waals surface area contributed by atoms with E-state index in [1.54, 1.807) is 0 Å². The number of benzene rings is 1. The minimum atomic E-state index is -2.54. The lowest BCUT2D eigenvalue weighted by molar-refractivity contribution is -0.128. The van der Waals surface area contributed by atoms with Crippen LogP contribution in [-0.4, -0.2) is 37.1 Å². The number of halogens is 2. The van der Waals surface area contributed by atoms with Gasteiger partial charge in [-0.15, -0.1) is 0 Å². The summed E-state index contributed by atoms with van der Waals surface area (Å²) in [6.45, 7) is 0. The lowest BCUT2D eigenvalue weighted by Crippen LogP contribution is -2.57. The molecule has 148 valence electrons. The molecule has 0 aliphatic heterocycles. The number of amides is 2. The summed E-state index contributed by atoms with van der Waals surface area (Å²) >= 11 is 0. The normalized spacial score (nSPS) is 21.7. The third kappa shape index (κ3) is 4.96. The van der Waals surface area contributed by atoms with Crippen molar-refractivity contribution in [2.24, 2.45) is 5.41 Å². The first-order chi connectivity index (χ1) is 12.8. The fourth-order valence-corrected chi connectivity index (χ4v) is 4.20. The standard InChI is InChI=1S/C20H26F2N2O3/c1-27-18(26)24-16(11-14-5-3-2-4-6-14)17(25)23-15-12-19(13-15)7-9-20(21,22)10-8-19/h2-6,15-16H,7-13H2,1H3,(H,23,25)(H,24,26). The van der Waals surface area contributed by atoms with E-state index in [-0.39, 0.29) is 30.2 Å². The van der Waals surface area contributed by atoms with Gasteiger partial charge in [0.15, 0.2) is 0 Å². The van der Waals surface area contributed by atoms with Crippen LogP contribution in [0.1, 0.15) is 44.1 Å². The molecule has 3 rings (SSSR count). The molecule has 0 heterocycles. The van der Waals surface area contributed by atoms with E-state index in [2.05, 4.69) is 15.4 Å². The number of hydrogen-bond acceptors (Lipinski definition) is 3. The molecule has 0 saturated heterocycles. The molecule has 2 aliphatic rings. The van der Waals surface area contributed by atoms with E-state index in [1.165, 1.54) is 7.11 Å². The highest BCUT2D eigenvalue weighted by molar-refractivity contribution is 5.86. The van der Waals surface area contributed by atoms with E-state index in [1.807, 2.05) is 30.3 Å². The van der Waals surface area contributed by atoms with Crippen molar-refractivity contribution in [2.45, 2.75) is 63.0 Å². The average molecular weight is 380 g/mol. The van der Waals surface area contributed by atoms with E-state index in [9.17, 15) is 18.4 Å². The van der Waals surface area contributed by atoms with Crippen molar-refractivity contribution in [3.63, 3.8) is 0 Å². The number of methoxy groups -OCH3 is 1. The fourth-order valence-electron chi connectivity index (χ4n) is 4.20. The Morgan fingerprint density at radius 2 is 1.78 bits per heavy atom. The van der Waals surface area contributed by atoms with Crippen LogP contribution in [0.25, 0.3) is 0 Å². The molecule has 0 aromatic heterocycles. The molecule has 1 aromatic rings. The van der Waals surface area contributed by atoms with Crippen LogP contribution in [-0.2, 0) is 16.0 Å². The number of rotatable bonds is 5. The zero-order chi connectivity index (χ0) is 19.5. The molecular formula is C20H26F2N2O3. The Bertz CT molecular complexity index is 663. The second-order valence-corrected chi connectivity index (χ2v) is 7.85. The second kappa shape index (κ2) is 7.82. The predicted octanol–water partition coefficient (Wildman–Crippen LogP) is 3.43. The van der Waals surface area contributed by atoms with Gasteiger partial charge < -0.3 is 15.4 Å². The maximum atomic E-state index is 13.4. The zero-order valence-electron chi connectivity index (χ0n) is 15.5. The summed E-state index contributed by atoms with van der Waals surface area (Å²) in [5, 5.41) is 5.54. The summed E-state index contributed by atoms with van der Waals surface area (Å²) < 4.78 is 31.3. The van der Waals surface area contributed by atoms with Gasteiger partial charge in [0.05, 0.1) is 7.11 Å². The highest BCUT2D eigenvalue weighted by Gasteiger charge is 2.50. The Labute approximate surface area is 157 Å². The van der Waals surface area contributed by atoms with Crippen molar-refractivity contribution in [3.05, 3.63) is 35.9 Å². The number of ether oxygens (including phenoxy) is 1. The first kappa shape index (κ1) is 19.6. The van der Waals surface area contributed by atoms with Gasteiger partial charge in [0.2, 0.25) is 11.8 Å². The molecule has 7 heteroatoms. The summed E-state index contributed by atoms with van der Waals surface area (Å²) in [5.41, 5.74) is 0.873. The third-order valence-electron chi connectivity index (χ3n) is 5.82. The van der Waals surface area contributed by atoms with Gasteiger partial charge in [-0.05, 0) is 36.7 Å². The van der Waals surface area contributed by atoms with Gasteiger partial charge >= 0.3 is 6.09 Å². The summed E-state index contributed by atoms with van der Waals surface area (Å²) in [6, 6.07) is 8.63. The summed E-state index contributed by atoms with van der Waals surface area (Å²) in [5.74, 6) is -2.81. The first-order valence-corrected chi connectivity index (χ1v) is 9.37. The maximum Gasteiger partial charge on any atom is 0.407 e. The van der Waals surface area contributed by atoms with Crippen molar-refractivity contribution >= 4 is 12.0 Å². The number of carbonyl (C=O) groups is 2. The van der Waals surface area contributed by atoms with Gasteiger partial charge in [0.25, 0.3) is 0 Å². The summed E-state index contributed by atoms with van der Waals surface area (Å²) in [4.78, 5) is 24.3.